The van der Waals surface area contributed by atoms with Crippen LogP contribution in [0.5, 0.6) is 0 Å². The number of aliphatic carboxylic acids is 1. The third-order valence-corrected chi connectivity index (χ3v) is 3.35. The fourth-order valence-electron chi connectivity index (χ4n) is 0.892. The second-order valence-electron chi connectivity index (χ2n) is 2.78. The maximum absolute atomic E-state index is 11.4. The molecule has 0 aromatic heterocycles. The largest absolute Gasteiger partial charge is 0.481 e. The first-order valence-electron chi connectivity index (χ1n) is 5.63. The first kappa shape index (κ1) is 18.9. The normalized spacial score (nSPS) is 10.6. The van der Waals surface area contributed by atoms with Crippen LogP contribution < -0.4 is 0 Å². The van der Waals surface area contributed by atoms with Crippen molar-refractivity contribution >= 4 is 13.6 Å². The molecule has 0 unspecified atom stereocenters. The van der Waals surface area contributed by atoms with Crippen LogP contribution >= 0.6 is 7.60 Å². The van der Waals surface area contributed by atoms with E-state index < -0.39 is 19.7 Å². The van der Waals surface area contributed by atoms with E-state index in [9.17, 15) is 9.36 Å². The Kier molecular flexibility index (Phi) is 13.4. The highest BCUT2D eigenvalue weighted by Crippen LogP contribution is 2.47. The number of hydrogen-bond donors (Lipinski definition) is 1. The summed E-state index contributed by atoms with van der Waals surface area (Å²) in [6.45, 7) is 9.30. The smallest absolute Gasteiger partial charge is 0.341 e. The van der Waals surface area contributed by atoms with Gasteiger partial charge in [0.25, 0.3) is 0 Å². The SMILES string of the molecule is CCOCC.CCOP(=O)(CC(=O)O)OCC. The molecule has 0 atom stereocenters. The second-order valence-corrected chi connectivity index (χ2v) is 4.83. The van der Waals surface area contributed by atoms with Crippen molar-refractivity contribution in [2.75, 3.05) is 32.6 Å². The second kappa shape index (κ2) is 12.0. The highest BCUT2D eigenvalue weighted by atomic mass is 31.2. The molecule has 0 saturated carbocycles. The van der Waals surface area contributed by atoms with Crippen molar-refractivity contribution in [3.63, 3.8) is 0 Å². The molecule has 0 spiro atoms. The summed E-state index contributed by atoms with van der Waals surface area (Å²) in [6.07, 6.45) is -0.575. The van der Waals surface area contributed by atoms with Gasteiger partial charge in [0.2, 0.25) is 0 Å². The third-order valence-electron chi connectivity index (χ3n) is 1.39. The zero-order valence-electron chi connectivity index (χ0n) is 11.0. The predicted molar refractivity (Wildman–Crippen MR) is 65.5 cm³/mol. The average Bonchev–Trinajstić information content (AvgIpc) is 2.18. The Balaban J connectivity index is 0. The molecule has 17 heavy (non-hydrogen) atoms. The lowest BCUT2D eigenvalue weighted by Gasteiger charge is -2.14. The zero-order valence-corrected chi connectivity index (χ0v) is 11.9. The number of rotatable bonds is 8. The van der Waals surface area contributed by atoms with Crippen LogP contribution in [0.25, 0.3) is 0 Å². The van der Waals surface area contributed by atoms with Gasteiger partial charge in [-0.3, -0.25) is 9.36 Å². The van der Waals surface area contributed by atoms with Gasteiger partial charge in [-0.15, -0.1) is 0 Å². The summed E-state index contributed by atoms with van der Waals surface area (Å²) in [5, 5.41) is 8.37. The predicted octanol–water partition coefficient (Wildman–Crippen LogP) is 2.38. The van der Waals surface area contributed by atoms with Crippen molar-refractivity contribution in [1.29, 1.82) is 0 Å². The number of carboxylic acids is 1. The summed E-state index contributed by atoms with van der Waals surface area (Å²) in [5.74, 6) is -1.18. The van der Waals surface area contributed by atoms with Crippen molar-refractivity contribution in [3.8, 4) is 0 Å². The van der Waals surface area contributed by atoms with Gasteiger partial charge >= 0.3 is 13.6 Å². The van der Waals surface area contributed by atoms with Crippen LogP contribution in [0.1, 0.15) is 27.7 Å². The van der Waals surface area contributed by atoms with Crippen LogP contribution in [0.15, 0.2) is 0 Å². The average molecular weight is 270 g/mol. The molecule has 104 valence electrons. The summed E-state index contributed by atoms with van der Waals surface area (Å²) < 4.78 is 25.7. The lowest BCUT2D eigenvalue weighted by Crippen LogP contribution is -2.08. The summed E-state index contributed by atoms with van der Waals surface area (Å²) in [5.41, 5.74) is 0. The van der Waals surface area contributed by atoms with E-state index in [1.54, 1.807) is 13.8 Å². The highest BCUT2D eigenvalue weighted by Gasteiger charge is 2.26. The van der Waals surface area contributed by atoms with Crippen molar-refractivity contribution in [1.82, 2.24) is 0 Å². The summed E-state index contributed by atoms with van der Waals surface area (Å²) in [4.78, 5) is 10.2. The van der Waals surface area contributed by atoms with E-state index in [1.165, 1.54) is 0 Å². The Hall–Kier alpha value is -0.420. The molecule has 0 aromatic rings. The Bertz CT molecular complexity index is 219. The van der Waals surface area contributed by atoms with Gasteiger partial charge in [0.15, 0.2) is 0 Å². The number of hydrogen-bond acceptors (Lipinski definition) is 5. The lowest BCUT2D eigenvalue weighted by molar-refractivity contribution is -0.134. The first-order chi connectivity index (χ1) is 7.95. The van der Waals surface area contributed by atoms with Crippen LogP contribution in [0, 0.1) is 0 Å². The van der Waals surface area contributed by atoms with E-state index in [2.05, 4.69) is 0 Å². The Morgan fingerprint density at radius 2 is 1.41 bits per heavy atom. The fourth-order valence-corrected chi connectivity index (χ4v) is 2.27. The molecule has 0 aromatic carbocycles. The molecule has 0 aliphatic carbocycles. The molecule has 0 heterocycles. The Morgan fingerprint density at radius 1 is 1.00 bits per heavy atom. The van der Waals surface area contributed by atoms with Gasteiger partial charge < -0.3 is 18.9 Å². The molecule has 7 heteroatoms. The van der Waals surface area contributed by atoms with Crippen LogP contribution in [-0.4, -0.2) is 43.7 Å². The molecule has 0 rings (SSSR count). The first-order valence-corrected chi connectivity index (χ1v) is 7.36. The van der Waals surface area contributed by atoms with Gasteiger partial charge in [0, 0.05) is 13.2 Å². The molecular weight excluding hydrogens is 247 g/mol. The standard InChI is InChI=1S/C6H13O5P.C4H10O/c1-3-10-12(9,11-4-2)5-6(7)8;1-3-5-4-2/h3-5H2,1-2H3,(H,7,8);3-4H2,1-2H3. The van der Waals surface area contributed by atoms with E-state index >= 15 is 0 Å². The number of carbonyl (C=O) groups is 1. The molecule has 0 aliphatic rings. The molecule has 0 bridgehead atoms. The van der Waals surface area contributed by atoms with Crippen LogP contribution in [0.4, 0.5) is 0 Å². The maximum Gasteiger partial charge on any atom is 0.341 e. The highest BCUT2D eigenvalue weighted by molar-refractivity contribution is 7.54. The zero-order chi connectivity index (χ0) is 13.7. The molecule has 0 radical (unpaired) electrons. The maximum atomic E-state index is 11.4. The molecule has 0 saturated heterocycles. The molecule has 1 N–H and O–H groups in total. The molecule has 0 amide bonds. The van der Waals surface area contributed by atoms with Crippen molar-refractivity contribution in [2.45, 2.75) is 27.7 Å². The monoisotopic (exact) mass is 270 g/mol. The summed E-state index contributed by atoms with van der Waals surface area (Å²) in [6, 6.07) is 0. The Labute approximate surface area is 103 Å². The van der Waals surface area contributed by atoms with Crippen LogP contribution in [-0.2, 0) is 23.1 Å². The van der Waals surface area contributed by atoms with Crippen molar-refractivity contribution < 1.29 is 28.3 Å². The molecule has 0 fully saturated rings. The minimum atomic E-state index is -3.38. The summed E-state index contributed by atoms with van der Waals surface area (Å²) in [7, 11) is -3.38. The molecule has 6 nitrogen and oxygen atoms in total. The number of carboxylic acid groups (broad SMARTS) is 1. The molecule has 0 aliphatic heterocycles. The van der Waals surface area contributed by atoms with Crippen LogP contribution in [0.3, 0.4) is 0 Å². The number of ether oxygens (including phenoxy) is 1. The van der Waals surface area contributed by atoms with Gasteiger partial charge in [-0.1, -0.05) is 0 Å². The van der Waals surface area contributed by atoms with Crippen molar-refractivity contribution in [2.24, 2.45) is 0 Å². The minimum absolute atomic E-state index is 0.185. The molecular formula is C10H23O6P. The third kappa shape index (κ3) is 13.5. The van der Waals surface area contributed by atoms with Gasteiger partial charge in [-0.25, -0.2) is 0 Å². The Morgan fingerprint density at radius 3 is 1.59 bits per heavy atom. The summed E-state index contributed by atoms with van der Waals surface area (Å²) >= 11 is 0. The van der Waals surface area contributed by atoms with Gasteiger partial charge in [0.1, 0.15) is 6.16 Å². The van der Waals surface area contributed by atoms with E-state index in [0.717, 1.165) is 13.2 Å². The van der Waals surface area contributed by atoms with Gasteiger partial charge in [-0.2, -0.15) is 0 Å². The van der Waals surface area contributed by atoms with E-state index in [-0.39, 0.29) is 13.2 Å². The fraction of sp³-hybridized carbons (Fsp3) is 0.900. The van der Waals surface area contributed by atoms with Crippen molar-refractivity contribution in [3.05, 3.63) is 0 Å². The van der Waals surface area contributed by atoms with Gasteiger partial charge in [-0.05, 0) is 27.7 Å². The quantitative estimate of drug-likeness (QED) is 0.682. The van der Waals surface area contributed by atoms with Gasteiger partial charge in [0.05, 0.1) is 13.2 Å². The van der Waals surface area contributed by atoms with E-state index in [0.29, 0.717) is 0 Å². The van der Waals surface area contributed by atoms with E-state index in [1.807, 2.05) is 13.8 Å². The topological polar surface area (TPSA) is 82.1 Å². The lowest BCUT2D eigenvalue weighted by atomic mass is 10.8. The van der Waals surface area contributed by atoms with Crippen LogP contribution in [0.2, 0.25) is 0 Å². The minimum Gasteiger partial charge on any atom is -0.481 e. The van der Waals surface area contributed by atoms with E-state index in [4.69, 9.17) is 18.9 Å².